The Kier molecular flexibility index (Phi) is 3.91. The van der Waals surface area contributed by atoms with Crippen LogP contribution in [0.3, 0.4) is 0 Å². The molecule has 0 aromatic heterocycles. The van der Waals surface area contributed by atoms with Gasteiger partial charge in [-0.1, -0.05) is 6.42 Å². The highest BCUT2D eigenvalue weighted by Gasteiger charge is 2.25. The summed E-state index contributed by atoms with van der Waals surface area (Å²) in [6.07, 6.45) is 7.13. The van der Waals surface area contributed by atoms with Gasteiger partial charge in [0.2, 0.25) is 0 Å². The van der Waals surface area contributed by atoms with Crippen molar-refractivity contribution in [2.24, 2.45) is 11.5 Å². The van der Waals surface area contributed by atoms with Gasteiger partial charge in [0.1, 0.15) is 5.66 Å². The standard InChI is InChI=1S/C9H18N4O/c10-6-3-1-2-4-9(11)5-7-12-8(14)13-9/h5,7H,1-4,6,10-11H2,(H2,12,13,14). The van der Waals surface area contributed by atoms with Gasteiger partial charge >= 0.3 is 6.03 Å². The van der Waals surface area contributed by atoms with Gasteiger partial charge in [-0.25, -0.2) is 4.79 Å². The number of urea groups is 1. The van der Waals surface area contributed by atoms with E-state index in [0.29, 0.717) is 6.54 Å². The maximum absolute atomic E-state index is 11.0. The number of amides is 2. The van der Waals surface area contributed by atoms with Gasteiger partial charge in [-0.3, -0.25) is 0 Å². The molecule has 1 aliphatic heterocycles. The summed E-state index contributed by atoms with van der Waals surface area (Å²) >= 11 is 0. The van der Waals surface area contributed by atoms with Crippen molar-refractivity contribution in [1.29, 1.82) is 0 Å². The molecule has 14 heavy (non-hydrogen) atoms. The Labute approximate surface area is 83.9 Å². The maximum atomic E-state index is 11.0. The van der Waals surface area contributed by atoms with Crippen LogP contribution in [0.1, 0.15) is 25.7 Å². The van der Waals surface area contributed by atoms with E-state index in [4.69, 9.17) is 11.5 Å². The highest BCUT2D eigenvalue weighted by Crippen LogP contribution is 2.12. The van der Waals surface area contributed by atoms with Crippen LogP contribution < -0.4 is 22.1 Å². The molecule has 0 spiro atoms. The SMILES string of the molecule is NCCCCCC1(N)C=CNC(=O)N1. The second-order valence-electron chi connectivity index (χ2n) is 3.57. The molecule has 0 aromatic carbocycles. The fourth-order valence-corrected chi connectivity index (χ4v) is 1.44. The molecule has 1 heterocycles. The second-order valence-corrected chi connectivity index (χ2v) is 3.57. The minimum absolute atomic E-state index is 0.242. The lowest BCUT2D eigenvalue weighted by Gasteiger charge is -2.30. The van der Waals surface area contributed by atoms with Crippen LogP contribution in [0.15, 0.2) is 12.3 Å². The second kappa shape index (κ2) is 4.97. The first-order valence-corrected chi connectivity index (χ1v) is 4.92. The predicted octanol–water partition coefficient (Wildman–Crippen LogP) is -0.0130. The lowest BCUT2D eigenvalue weighted by atomic mass is 10.0. The van der Waals surface area contributed by atoms with Crippen molar-refractivity contribution < 1.29 is 4.79 Å². The monoisotopic (exact) mass is 198 g/mol. The molecule has 1 rings (SSSR count). The summed E-state index contributed by atoms with van der Waals surface area (Å²) in [6.45, 7) is 0.710. The highest BCUT2D eigenvalue weighted by atomic mass is 16.2. The number of carbonyl (C=O) groups is 1. The fourth-order valence-electron chi connectivity index (χ4n) is 1.44. The van der Waals surface area contributed by atoms with Crippen molar-refractivity contribution in [3.8, 4) is 0 Å². The van der Waals surface area contributed by atoms with Crippen LogP contribution in [-0.2, 0) is 0 Å². The Bertz CT molecular complexity index is 229. The summed E-state index contributed by atoms with van der Waals surface area (Å²) in [5.41, 5.74) is 10.6. The molecule has 5 heteroatoms. The molecule has 1 unspecified atom stereocenters. The number of rotatable bonds is 5. The number of unbranched alkanes of at least 4 members (excludes halogenated alkanes) is 2. The molecule has 0 saturated heterocycles. The summed E-state index contributed by atoms with van der Waals surface area (Å²) < 4.78 is 0. The molecule has 80 valence electrons. The lowest BCUT2D eigenvalue weighted by molar-refractivity contribution is 0.229. The van der Waals surface area contributed by atoms with E-state index < -0.39 is 5.66 Å². The molecule has 0 bridgehead atoms. The largest absolute Gasteiger partial charge is 0.330 e. The number of hydrogen-bond acceptors (Lipinski definition) is 3. The smallest absolute Gasteiger partial charge is 0.320 e. The van der Waals surface area contributed by atoms with Gasteiger partial charge in [0, 0.05) is 6.20 Å². The Hall–Kier alpha value is -1.07. The average Bonchev–Trinajstić information content (AvgIpc) is 2.12. The van der Waals surface area contributed by atoms with Crippen molar-refractivity contribution in [2.45, 2.75) is 31.3 Å². The molecule has 0 radical (unpaired) electrons. The first-order chi connectivity index (χ1) is 6.66. The van der Waals surface area contributed by atoms with Gasteiger partial charge in [-0.05, 0) is 31.9 Å². The van der Waals surface area contributed by atoms with Crippen molar-refractivity contribution >= 4 is 6.03 Å². The third-order valence-electron chi connectivity index (χ3n) is 2.24. The first-order valence-electron chi connectivity index (χ1n) is 4.92. The zero-order chi connectivity index (χ0) is 10.4. The normalized spacial score (nSPS) is 25.7. The van der Waals surface area contributed by atoms with Crippen LogP contribution in [0.5, 0.6) is 0 Å². The van der Waals surface area contributed by atoms with E-state index in [0.717, 1.165) is 25.7 Å². The minimum atomic E-state index is -0.684. The number of carbonyl (C=O) groups excluding carboxylic acids is 1. The molecule has 0 fully saturated rings. The van der Waals surface area contributed by atoms with Crippen molar-refractivity contribution in [3.05, 3.63) is 12.3 Å². The zero-order valence-electron chi connectivity index (χ0n) is 8.25. The van der Waals surface area contributed by atoms with Crippen LogP contribution in [0.4, 0.5) is 4.79 Å². The van der Waals surface area contributed by atoms with Gasteiger partial charge in [-0.2, -0.15) is 0 Å². The zero-order valence-corrected chi connectivity index (χ0v) is 8.25. The molecule has 0 aromatic rings. The van der Waals surface area contributed by atoms with E-state index in [2.05, 4.69) is 10.6 Å². The molecule has 5 nitrogen and oxygen atoms in total. The average molecular weight is 198 g/mol. The van der Waals surface area contributed by atoms with Crippen LogP contribution in [0.2, 0.25) is 0 Å². The molecule has 1 aliphatic rings. The highest BCUT2D eigenvalue weighted by molar-refractivity contribution is 5.77. The van der Waals surface area contributed by atoms with E-state index in [1.165, 1.54) is 0 Å². The van der Waals surface area contributed by atoms with Crippen molar-refractivity contribution in [2.75, 3.05) is 6.54 Å². The molecule has 6 N–H and O–H groups in total. The van der Waals surface area contributed by atoms with E-state index in [1.807, 2.05) is 0 Å². The predicted molar refractivity (Wildman–Crippen MR) is 55.2 cm³/mol. The van der Waals surface area contributed by atoms with Gasteiger partial charge < -0.3 is 22.1 Å². The molecule has 1 atom stereocenters. The van der Waals surface area contributed by atoms with E-state index in [9.17, 15) is 4.79 Å². The summed E-state index contributed by atoms with van der Waals surface area (Å²) in [5.74, 6) is 0. The molecular formula is C9H18N4O. The quantitative estimate of drug-likeness (QED) is 0.468. The van der Waals surface area contributed by atoms with Gasteiger partial charge in [0.25, 0.3) is 0 Å². The van der Waals surface area contributed by atoms with Crippen LogP contribution in [-0.4, -0.2) is 18.2 Å². The molecule has 0 aliphatic carbocycles. The van der Waals surface area contributed by atoms with E-state index in [1.54, 1.807) is 12.3 Å². The fraction of sp³-hybridized carbons (Fsp3) is 0.667. The summed E-state index contributed by atoms with van der Waals surface area (Å²) in [7, 11) is 0. The minimum Gasteiger partial charge on any atom is -0.330 e. The lowest BCUT2D eigenvalue weighted by Crippen LogP contribution is -2.59. The van der Waals surface area contributed by atoms with Crippen molar-refractivity contribution in [3.63, 3.8) is 0 Å². The van der Waals surface area contributed by atoms with Gasteiger partial charge in [-0.15, -0.1) is 0 Å². The first kappa shape index (κ1) is 11.0. The topological polar surface area (TPSA) is 93.2 Å². The number of hydrogen-bond donors (Lipinski definition) is 4. The summed E-state index contributed by atoms with van der Waals surface area (Å²) in [5, 5.41) is 5.19. The van der Waals surface area contributed by atoms with Gasteiger partial charge in [0.05, 0.1) is 0 Å². The Balaban J connectivity index is 2.30. The molecular weight excluding hydrogens is 180 g/mol. The summed E-state index contributed by atoms with van der Waals surface area (Å²) in [4.78, 5) is 11.0. The van der Waals surface area contributed by atoms with Crippen LogP contribution >= 0.6 is 0 Å². The Morgan fingerprint density at radius 1 is 1.36 bits per heavy atom. The van der Waals surface area contributed by atoms with Crippen LogP contribution in [0, 0.1) is 0 Å². The Morgan fingerprint density at radius 3 is 2.79 bits per heavy atom. The number of nitrogens with one attached hydrogen (secondary N) is 2. The molecule has 2 amide bonds. The third-order valence-corrected chi connectivity index (χ3v) is 2.24. The van der Waals surface area contributed by atoms with Gasteiger partial charge in [0.15, 0.2) is 0 Å². The van der Waals surface area contributed by atoms with Crippen molar-refractivity contribution in [1.82, 2.24) is 10.6 Å². The Morgan fingerprint density at radius 2 is 2.14 bits per heavy atom. The maximum Gasteiger partial charge on any atom is 0.320 e. The third kappa shape index (κ3) is 3.35. The van der Waals surface area contributed by atoms with Crippen LogP contribution in [0.25, 0.3) is 0 Å². The summed E-state index contributed by atoms with van der Waals surface area (Å²) in [6, 6.07) is -0.242. The number of nitrogens with two attached hydrogens (primary N) is 2. The van der Waals surface area contributed by atoms with E-state index in [-0.39, 0.29) is 6.03 Å². The molecule has 0 saturated carbocycles. The van der Waals surface area contributed by atoms with E-state index >= 15 is 0 Å².